The molecule has 29 heavy (non-hydrogen) atoms. The van der Waals surface area contributed by atoms with Crippen LogP contribution in [0.25, 0.3) is 0 Å². The third-order valence-electron chi connectivity index (χ3n) is 4.25. The molecule has 0 spiro atoms. The van der Waals surface area contributed by atoms with E-state index in [4.69, 9.17) is 4.74 Å². The minimum absolute atomic E-state index is 0.290. The van der Waals surface area contributed by atoms with Gasteiger partial charge >= 0.3 is 0 Å². The van der Waals surface area contributed by atoms with E-state index >= 15 is 0 Å². The highest BCUT2D eigenvalue weighted by atomic mass is 79.9. The van der Waals surface area contributed by atoms with Gasteiger partial charge in [-0.1, -0.05) is 11.8 Å². The first-order chi connectivity index (χ1) is 13.8. The number of alkyl halides is 2. The maximum absolute atomic E-state index is 13.1. The van der Waals surface area contributed by atoms with E-state index < -0.39 is 12.2 Å². The summed E-state index contributed by atoms with van der Waals surface area (Å²) < 4.78 is 35.6. The fourth-order valence-corrected chi connectivity index (χ4v) is 3.49. The SMILES string of the molecule is COc1ccc(/C=N\n2c(SC)nnc2C(F)F)cc1Cn1nc(C)c(Br)c1C. The summed E-state index contributed by atoms with van der Waals surface area (Å²) >= 11 is 4.72. The smallest absolute Gasteiger partial charge is 0.299 e. The lowest BCUT2D eigenvalue weighted by Gasteiger charge is -2.11. The van der Waals surface area contributed by atoms with Gasteiger partial charge < -0.3 is 4.74 Å². The molecule has 3 aromatic rings. The molecule has 7 nitrogen and oxygen atoms in total. The predicted octanol–water partition coefficient (Wildman–Crippen LogP) is 4.45. The molecule has 0 fully saturated rings. The number of hydrogen-bond donors (Lipinski definition) is 0. The minimum Gasteiger partial charge on any atom is -0.496 e. The fourth-order valence-electron chi connectivity index (χ4n) is 2.77. The van der Waals surface area contributed by atoms with Crippen LogP contribution in [0.3, 0.4) is 0 Å². The highest BCUT2D eigenvalue weighted by Crippen LogP contribution is 2.25. The average Bonchev–Trinajstić information content (AvgIpc) is 3.23. The number of ether oxygens (including phenoxy) is 1. The van der Waals surface area contributed by atoms with Gasteiger partial charge in [0.1, 0.15) is 5.75 Å². The second-order valence-electron chi connectivity index (χ2n) is 6.12. The Bertz CT molecular complexity index is 1050. The molecule has 0 aliphatic heterocycles. The maximum Gasteiger partial charge on any atom is 0.299 e. The molecular formula is C18H19BrF2N6OS. The lowest BCUT2D eigenvalue weighted by atomic mass is 10.1. The molecule has 0 radical (unpaired) electrons. The Kier molecular flexibility index (Phi) is 6.68. The van der Waals surface area contributed by atoms with Crippen molar-refractivity contribution in [1.82, 2.24) is 24.7 Å². The van der Waals surface area contributed by atoms with E-state index in [1.165, 1.54) is 18.0 Å². The van der Waals surface area contributed by atoms with E-state index in [1.807, 2.05) is 30.7 Å². The third kappa shape index (κ3) is 4.50. The van der Waals surface area contributed by atoms with Gasteiger partial charge in [0.25, 0.3) is 6.43 Å². The zero-order chi connectivity index (χ0) is 21.1. The molecule has 0 atom stereocenters. The van der Waals surface area contributed by atoms with Gasteiger partial charge in [0.15, 0.2) is 0 Å². The first kappa shape index (κ1) is 21.4. The van der Waals surface area contributed by atoms with Gasteiger partial charge in [0.05, 0.1) is 35.7 Å². The molecular weight excluding hydrogens is 466 g/mol. The summed E-state index contributed by atoms with van der Waals surface area (Å²) in [6.45, 7) is 4.40. The van der Waals surface area contributed by atoms with Gasteiger partial charge in [-0.3, -0.25) is 4.68 Å². The Balaban J connectivity index is 1.94. The van der Waals surface area contributed by atoms with Crippen molar-refractivity contribution in [2.45, 2.75) is 32.0 Å². The van der Waals surface area contributed by atoms with Gasteiger partial charge in [-0.15, -0.1) is 10.2 Å². The zero-order valence-corrected chi connectivity index (χ0v) is 18.6. The summed E-state index contributed by atoms with van der Waals surface area (Å²) in [4.78, 5) is 0. The van der Waals surface area contributed by atoms with Crippen LogP contribution in [0, 0.1) is 13.8 Å². The zero-order valence-electron chi connectivity index (χ0n) is 16.2. The molecule has 0 aliphatic rings. The van der Waals surface area contributed by atoms with Crippen molar-refractivity contribution >= 4 is 33.9 Å². The molecule has 0 bridgehead atoms. The van der Waals surface area contributed by atoms with Crippen molar-refractivity contribution < 1.29 is 13.5 Å². The summed E-state index contributed by atoms with van der Waals surface area (Å²) in [5, 5.41) is 16.2. The highest BCUT2D eigenvalue weighted by Gasteiger charge is 2.19. The standard InChI is InChI=1S/C18H19BrF2N6OS/c1-10-15(19)11(2)26(25-10)9-13-7-12(5-6-14(13)28-3)8-22-27-17(16(20)21)23-24-18(27)29-4/h5-8,16H,9H2,1-4H3/b22-8-. The quantitative estimate of drug-likeness (QED) is 0.365. The van der Waals surface area contributed by atoms with Gasteiger partial charge in [0.2, 0.25) is 11.0 Å². The Labute approximate surface area is 179 Å². The molecule has 3 rings (SSSR count). The number of aryl methyl sites for hydroxylation is 1. The van der Waals surface area contributed by atoms with Gasteiger partial charge in [-0.25, -0.2) is 8.78 Å². The Morgan fingerprint density at radius 1 is 1.31 bits per heavy atom. The molecule has 0 N–H and O–H groups in total. The van der Waals surface area contributed by atoms with Gasteiger partial charge in [-0.2, -0.15) is 14.9 Å². The number of hydrogen-bond acceptors (Lipinski definition) is 6. The Morgan fingerprint density at radius 3 is 2.66 bits per heavy atom. The van der Waals surface area contributed by atoms with Gasteiger partial charge in [-0.05, 0) is 59.8 Å². The summed E-state index contributed by atoms with van der Waals surface area (Å²) in [5.41, 5.74) is 3.51. The van der Waals surface area contributed by atoms with Crippen LogP contribution in [0.2, 0.25) is 0 Å². The number of thioether (sulfide) groups is 1. The second-order valence-corrected chi connectivity index (χ2v) is 7.68. The molecule has 0 unspecified atom stereocenters. The summed E-state index contributed by atoms with van der Waals surface area (Å²) in [5.74, 6) is 0.208. The number of benzene rings is 1. The van der Waals surface area contributed by atoms with E-state index in [0.717, 1.165) is 31.7 Å². The molecule has 0 aliphatic carbocycles. The lowest BCUT2D eigenvalue weighted by molar-refractivity contribution is 0.135. The van der Waals surface area contributed by atoms with Crippen LogP contribution in [0.4, 0.5) is 8.78 Å². The molecule has 2 heterocycles. The normalized spacial score (nSPS) is 11.7. The van der Waals surface area contributed by atoms with Gasteiger partial charge in [0, 0.05) is 5.56 Å². The summed E-state index contributed by atoms with van der Waals surface area (Å²) in [6.07, 6.45) is 0.453. The van der Waals surface area contributed by atoms with Crippen LogP contribution in [0.5, 0.6) is 5.75 Å². The van der Waals surface area contributed by atoms with Crippen LogP contribution >= 0.6 is 27.7 Å². The Hall–Kier alpha value is -2.27. The first-order valence-electron chi connectivity index (χ1n) is 8.54. The monoisotopic (exact) mass is 484 g/mol. The van der Waals surface area contributed by atoms with E-state index in [1.54, 1.807) is 19.4 Å². The highest BCUT2D eigenvalue weighted by molar-refractivity contribution is 9.10. The van der Waals surface area contributed by atoms with Crippen molar-refractivity contribution in [3.8, 4) is 5.75 Å². The molecule has 1 aromatic carbocycles. The van der Waals surface area contributed by atoms with Crippen molar-refractivity contribution in [2.24, 2.45) is 5.10 Å². The average molecular weight is 485 g/mol. The molecule has 2 aromatic heterocycles. The lowest BCUT2D eigenvalue weighted by Crippen LogP contribution is -2.06. The molecule has 154 valence electrons. The molecule has 0 saturated carbocycles. The maximum atomic E-state index is 13.1. The molecule has 0 saturated heterocycles. The first-order valence-corrected chi connectivity index (χ1v) is 10.6. The topological polar surface area (TPSA) is 70.1 Å². The van der Waals surface area contributed by atoms with E-state index in [2.05, 4.69) is 36.3 Å². The van der Waals surface area contributed by atoms with Crippen LogP contribution < -0.4 is 4.74 Å². The largest absolute Gasteiger partial charge is 0.496 e. The number of rotatable bonds is 7. The summed E-state index contributed by atoms with van der Waals surface area (Å²) in [7, 11) is 1.60. The van der Waals surface area contributed by atoms with Crippen LogP contribution in [0.15, 0.2) is 32.9 Å². The fraction of sp³-hybridized carbons (Fsp3) is 0.333. The summed E-state index contributed by atoms with van der Waals surface area (Å²) in [6, 6.07) is 5.50. The van der Waals surface area contributed by atoms with E-state index in [-0.39, 0.29) is 5.16 Å². The van der Waals surface area contributed by atoms with Crippen molar-refractivity contribution in [2.75, 3.05) is 13.4 Å². The number of methoxy groups -OCH3 is 1. The van der Waals surface area contributed by atoms with Crippen LogP contribution in [-0.4, -0.2) is 44.2 Å². The van der Waals surface area contributed by atoms with Crippen LogP contribution in [-0.2, 0) is 6.54 Å². The number of halogens is 3. The third-order valence-corrected chi connectivity index (χ3v) is 6.02. The van der Waals surface area contributed by atoms with E-state index in [9.17, 15) is 8.78 Å². The second kappa shape index (κ2) is 9.04. The van der Waals surface area contributed by atoms with Crippen molar-refractivity contribution in [3.63, 3.8) is 0 Å². The predicted molar refractivity (Wildman–Crippen MR) is 111 cm³/mol. The molecule has 0 amide bonds. The molecule has 11 heteroatoms. The minimum atomic E-state index is -2.77. The van der Waals surface area contributed by atoms with Crippen molar-refractivity contribution in [3.05, 3.63) is 51.0 Å². The van der Waals surface area contributed by atoms with Crippen LogP contribution in [0.1, 0.15) is 34.8 Å². The Morgan fingerprint density at radius 2 is 2.07 bits per heavy atom. The number of nitrogens with zero attached hydrogens (tertiary/aromatic N) is 6. The van der Waals surface area contributed by atoms with E-state index in [0.29, 0.717) is 12.3 Å². The number of aromatic nitrogens is 5. The van der Waals surface area contributed by atoms with Crippen molar-refractivity contribution in [1.29, 1.82) is 0 Å².